The van der Waals surface area contributed by atoms with Gasteiger partial charge >= 0.3 is 5.97 Å². The topological polar surface area (TPSA) is 111 Å². The Morgan fingerprint density at radius 3 is 2.76 bits per heavy atom. The summed E-state index contributed by atoms with van der Waals surface area (Å²) in [6.07, 6.45) is 0.230. The van der Waals surface area contributed by atoms with Crippen molar-refractivity contribution < 1.29 is 26.4 Å². The molecule has 8 nitrogen and oxygen atoms in total. The van der Waals surface area contributed by atoms with Crippen LogP contribution >= 0.6 is 11.3 Å². The van der Waals surface area contributed by atoms with E-state index in [9.17, 15) is 21.6 Å². The number of aromatic nitrogens is 1. The number of rotatable bonds is 3. The van der Waals surface area contributed by atoms with Crippen molar-refractivity contribution >= 4 is 37.2 Å². The molecule has 2 heterocycles. The molecule has 0 radical (unpaired) electrons. The van der Waals surface area contributed by atoms with Gasteiger partial charge in [-0.2, -0.15) is 4.31 Å². The summed E-state index contributed by atoms with van der Waals surface area (Å²) in [5, 5.41) is 0. The molecule has 0 N–H and O–H groups in total. The van der Waals surface area contributed by atoms with Crippen molar-refractivity contribution in [3.8, 4) is 0 Å². The van der Waals surface area contributed by atoms with Gasteiger partial charge in [0.2, 0.25) is 0 Å². The van der Waals surface area contributed by atoms with Gasteiger partial charge in [0, 0.05) is 13.1 Å². The van der Waals surface area contributed by atoms with Crippen LogP contribution in [0.25, 0.3) is 0 Å². The summed E-state index contributed by atoms with van der Waals surface area (Å²) in [5.74, 6) is -1.10. The summed E-state index contributed by atoms with van der Waals surface area (Å²) in [7, 11) is -6.04. The van der Waals surface area contributed by atoms with Crippen molar-refractivity contribution in [2.75, 3.05) is 31.7 Å². The summed E-state index contributed by atoms with van der Waals surface area (Å²) in [6.45, 7) is -0.0245. The Kier molecular flexibility index (Phi) is 4.66. The number of methoxy groups -OCH3 is 1. The number of ether oxygens (including phenoxy) is 1. The molecule has 0 bridgehead atoms. The normalized spacial score (nSPS) is 19.9. The van der Waals surface area contributed by atoms with Crippen LogP contribution < -0.4 is 0 Å². The predicted molar refractivity (Wildman–Crippen MR) is 75.5 cm³/mol. The third-order valence-electron chi connectivity index (χ3n) is 3.00. The van der Waals surface area contributed by atoms with Gasteiger partial charge in [0.1, 0.15) is 0 Å². The first-order valence-corrected chi connectivity index (χ1v) is 10.1. The Labute approximate surface area is 126 Å². The van der Waals surface area contributed by atoms with E-state index in [-0.39, 0.29) is 40.9 Å². The summed E-state index contributed by atoms with van der Waals surface area (Å²) >= 11 is 0.810. The molecule has 0 aliphatic carbocycles. The lowest BCUT2D eigenvalue weighted by atomic mass is 10.5. The average Bonchev–Trinajstić information content (AvgIpc) is 2.84. The molecule has 1 saturated heterocycles. The summed E-state index contributed by atoms with van der Waals surface area (Å²) in [6, 6.07) is 0. The first kappa shape index (κ1) is 16.3. The fourth-order valence-corrected chi connectivity index (χ4v) is 6.06. The molecule has 1 aliphatic heterocycles. The molecule has 0 amide bonds. The van der Waals surface area contributed by atoms with Crippen molar-refractivity contribution in [3.63, 3.8) is 0 Å². The number of hydrogen-bond acceptors (Lipinski definition) is 8. The predicted octanol–water partition coefficient (Wildman–Crippen LogP) is -0.261. The molecule has 1 aromatic heterocycles. The summed E-state index contributed by atoms with van der Waals surface area (Å²) in [5.41, 5.74) is 0.975. The summed E-state index contributed by atoms with van der Waals surface area (Å²) in [4.78, 5) is 15.3. The van der Waals surface area contributed by atoms with Crippen molar-refractivity contribution in [3.05, 3.63) is 11.2 Å². The average molecular weight is 354 g/mol. The fourth-order valence-electron chi connectivity index (χ4n) is 1.92. The molecule has 0 atom stereocenters. The number of esters is 1. The van der Waals surface area contributed by atoms with E-state index in [0.29, 0.717) is 0 Å². The van der Waals surface area contributed by atoms with Crippen LogP contribution in [0.3, 0.4) is 0 Å². The van der Waals surface area contributed by atoms with E-state index in [4.69, 9.17) is 0 Å². The number of nitrogens with zero attached hydrogens (tertiary/aromatic N) is 2. The molecule has 1 fully saturated rings. The first-order chi connectivity index (χ1) is 9.78. The molecule has 21 heavy (non-hydrogen) atoms. The van der Waals surface area contributed by atoms with Crippen molar-refractivity contribution in [1.29, 1.82) is 0 Å². The van der Waals surface area contributed by atoms with Crippen LogP contribution in [0.4, 0.5) is 0 Å². The number of hydrogen-bond donors (Lipinski definition) is 0. The monoisotopic (exact) mass is 354 g/mol. The number of thiazole rings is 1. The Balaban J connectivity index is 2.35. The van der Waals surface area contributed by atoms with Crippen molar-refractivity contribution in [1.82, 2.24) is 9.29 Å². The largest absolute Gasteiger partial charge is 0.464 e. The molecule has 0 unspecified atom stereocenters. The number of carbonyl (C=O) groups is 1. The third-order valence-corrected chi connectivity index (χ3v) is 7.96. The van der Waals surface area contributed by atoms with Gasteiger partial charge in [0.05, 0.1) is 24.1 Å². The quantitative estimate of drug-likeness (QED) is 0.688. The van der Waals surface area contributed by atoms with Gasteiger partial charge in [-0.15, -0.1) is 11.3 Å². The Morgan fingerprint density at radius 2 is 2.10 bits per heavy atom. The van der Waals surface area contributed by atoms with E-state index in [1.807, 2.05) is 0 Å². The highest BCUT2D eigenvalue weighted by Gasteiger charge is 2.34. The van der Waals surface area contributed by atoms with E-state index < -0.39 is 25.8 Å². The molecule has 1 aliphatic rings. The van der Waals surface area contributed by atoms with Gasteiger partial charge in [-0.05, 0) is 6.42 Å². The molecule has 0 aromatic carbocycles. The first-order valence-electron chi connectivity index (χ1n) is 6.00. The number of sulfone groups is 1. The van der Waals surface area contributed by atoms with E-state index in [1.54, 1.807) is 0 Å². The Morgan fingerprint density at radius 1 is 1.38 bits per heavy atom. The van der Waals surface area contributed by atoms with Gasteiger partial charge in [0.15, 0.2) is 19.7 Å². The molecule has 0 spiro atoms. The van der Waals surface area contributed by atoms with Crippen LogP contribution in [0.2, 0.25) is 0 Å². The molecule has 1 aromatic rings. The van der Waals surface area contributed by atoms with Crippen LogP contribution in [0.15, 0.2) is 9.72 Å². The van der Waals surface area contributed by atoms with E-state index in [1.165, 1.54) is 5.51 Å². The zero-order chi connectivity index (χ0) is 15.7. The van der Waals surface area contributed by atoms with E-state index >= 15 is 0 Å². The van der Waals surface area contributed by atoms with Gasteiger partial charge in [0.25, 0.3) is 10.0 Å². The van der Waals surface area contributed by atoms with E-state index in [0.717, 1.165) is 22.8 Å². The number of carbonyl (C=O) groups excluding carboxylic acids is 1. The van der Waals surface area contributed by atoms with Crippen LogP contribution in [-0.4, -0.2) is 63.8 Å². The highest BCUT2D eigenvalue weighted by molar-refractivity contribution is 7.92. The lowest BCUT2D eigenvalue weighted by Crippen LogP contribution is -2.34. The molecule has 11 heteroatoms. The van der Waals surface area contributed by atoms with E-state index in [2.05, 4.69) is 9.72 Å². The minimum Gasteiger partial charge on any atom is -0.464 e. The lowest BCUT2D eigenvalue weighted by molar-refractivity contribution is 0.0590. The Bertz CT molecular complexity index is 737. The van der Waals surface area contributed by atoms with Gasteiger partial charge in [-0.1, -0.05) is 0 Å². The van der Waals surface area contributed by atoms with Crippen molar-refractivity contribution in [2.24, 2.45) is 0 Å². The van der Waals surface area contributed by atoms with Crippen LogP contribution in [0.1, 0.15) is 16.9 Å². The van der Waals surface area contributed by atoms with Gasteiger partial charge < -0.3 is 4.74 Å². The summed E-state index contributed by atoms with van der Waals surface area (Å²) < 4.78 is 53.6. The standard InChI is InChI=1S/C10H14N2O6S3/c1-18-9(13)8-10(19-7-11-8)21(16,17)12-3-2-5-20(14,15)6-4-12/h7H,2-6H2,1H3. The molecular weight excluding hydrogens is 340 g/mol. The second kappa shape index (κ2) is 5.99. The molecule has 0 saturated carbocycles. The minimum atomic E-state index is -3.95. The number of sulfonamides is 1. The van der Waals surface area contributed by atoms with Gasteiger partial charge in [-0.25, -0.2) is 26.6 Å². The highest BCUT2D eigenvalue weighted by Crippen LogP contribution is 2.25. The van der Waals surface area contributed by atoms with Crippen molar-refractivity contribution in [2.45, 2.75) is 10.6 Å². The van der Waals surface area contributed by atoms with Gasteiger partial charge in [-0.3, -0.25) is 0 Å². The zero-order valence-corrected chi connectivity index (χ0v) is 13.6. The third kappa shape index (κ3) is 3.42. The SMILES string of the molecule is COC(=O)c1ncsc1S(=O)(=O)N1CCCS(=O)(=O)CC1. The highest BCUT2D eigenvalue weighted by atomic mass is 32.2. The fraction of sp³-hybridized carbons (Fsp3) is 0.600. The van der Waals surface area contributed by atoms with Crippen LogP contribution in [0.5, 0.6) is 0 Å². The molecule has 118 valence electrons. The smallest absolute Gasteiger partial charge is 0.358 e. The zero-order valence-electron chi connectivity index (χ0n) is 11.2. The minimum absolute atomic E-state index is 0.0361. The maximum absolute atomic E-state index is 12.5. The maximum atomic E-state index is 12.5. The Hall–Kier alpha value is -1.04. The molecule has 2 rings (SSSR count). The van der Waals surface area contributed by atoms with Crippen LogP contribution in [-0.2, 0) is 24.6 Å². The maximum Gasteiger partial charge on any atom is 0.358 e. The lowest BCUT2D eigenvalue weighted by Gasteiger charge is -2.18. The molecular formula is C10H14N2O6S3. The second-order valence-corrected chi connectivity index (χ2v) is 9.68. The second-order valence-electron chi connectivity index (χ2n) is 4.39. The van der Waals surface area contributed by atoms with Crippen LogP contribution in [0, 0.1) is 0 Å².